The number of carbonyl (C=O) groups excluding carboxylic acids is 2. The molecule has 0 atom stereocenters. The third-order valence-corrected chi connectivity index (χ3v) is 6.21. The van der Waals surface area contributed by atoms with E-state index in [-0.39, 0.29) is 23.1 Å². The Morgan fingerprint density at radius 1 is 1.03 bits per heavy atom. The summed E-state index contributed by atoms with van der Waals surface area (Å²) in [7, 11) is 1.38. The van der Waals surface area contributed by atoms with Crippen LogP contribution in [0.25, 0.3) is 0 Å². The minimum atomic E-state index is -0.213. The molecule has 0 aliphatic carbocycles. The number of carbonyl (C=O) groups is 2. The Kier molecular flexibility index (Phi) is 14.0. The van der Waals surface area contributed by atoms with Gasteiger partial charge in [0.2, 0.25) is 0 Å². The van der Waals surface area contributed by atoms with Crippen LogP contribution in [0, 0.1) is 12.7 Å². The molecule has 2 aromatic rings. The summed E-state index contributed by atoms with van der Waals surface area (Å²) < 4.78 is 18.3. The molecular formula is C31H48FN3O3. The van der Waals surface area contributed by atoms with Crippen LogP contribution < -0.4 is 4.90 Å². The second-order valence-electron chi connectivity index (χ2n) is 9.96. The number of benzene rings is 1. The van der Waals surface area contributed by atoms with Crippen LogP contribution in [0.2, 0.25) is 0 Å². The van der Waals surface area contributed by atoms with Crippen molar-refractivity contribution in [1.29, 1.82) is 0 Å². The van der Waals surface area contributed by atoms with Crippen LogP contribution in [-0.4, -0.2) is 48.5 Å². The lowest BCUT2D eigenvalue weighted by Crippen LogP contribution is -2.36. The Hall–Kier alpha value is -2.96. The summed E-state index contributed by atoms with van der Waals surface area (Å²) in [6.45, 7) is 18.4. The number of aromatic nitrogens is 1. The molecule has 0 saturated carbocycles. The standard InChI is InChI=1S/C22H26FN3O.C4H8O2.C3H8.C2H6/c1-15-7-8-16(13-17(15)23)26-14-22(2,3)20-19(26)10-9-18(24-20)21(27)25-11-5-4-6-12-25;1-3-4(5)6-2;1-3-2;1-2/h7-10,13H,4-6,11-12,14H2,1-3H3;3H2,1-2H3;3H2,1-2H3;1-2H3. The summed E-state index contributed by atoms with van der Waals surface area (Å²) in [5.74, 6) is -0.341. The van der Waals surface area contributed by atoms with E-state index in [9.17, 15) is 14.0 Å². The number of ether oxygens (including phenoxy) is 1. The number of aryl methyl sites for hydroxylation is 1. The lowest BCUT2D eigenvalue weighted by Gasteiger charge is -2.26. The lowest BCUT2D eigenvalue weighted by molar-refractivity contribution is -0.140. The molecule has 2 aliphatic rings. The fourth-order valence-corrected chi connectivity index (χ4v) is 4.23. The molecule has 1 saturated heterocycles. The molecule has 1 aromatic carbocycles. The second-order valence-corrected chi connectivity index (χ2v) is 9.96. The van der Waals surface area contributed by atoms with E-state index in [0.29, 0.717) is 24.2 Å². The van der Waals surface area contributed by atoms with Crippen LogP contribution >= 0.6 is 0 Å². The number of rotatable bonds is 3. The molecule has 0 unspecified atom stereocenters. The number of hydrogen-bond donors (Lipinski definition) is 0. The summed E-state index contributed by atoms with van der Waals surface area (Å²) in [6.07, 6.45) is 5.04. The van der Waals surface area contributed by atoms with Crippen molar-refractivity contribution >= 4 is 23.3 Å². The van der Waals surface area contributed by atoms with Crippen molar-refractivity contribution in [3.63, 3.8) is 0 Å². The van der Waals surface area contributed by atoms with Gasteiger partial charge in [0.05, 0.1) is 18.5 Å². The first-order chi connectivity index (χ1) is 18.1. The van der Waals surface area contributed by atoms with Crippen molar-refractivity contribution < 1.29 is 18.7 Å². The first-order valence-electron chi connectivity index (χ1n) is 14.0. The van der Waals surface area contributed by atoms with Crippen LogP contribution in [0.5, 0.6) is 0 Å². The Balaban J connectivity index is 0.000000564. The van der Waals surface area contributed by atoms with Gasteiger partial charge < -0.3 is 14.5 Å². The van der Waals surface area contributed by atoms with Crippen molar-refractivity contribution in [2.45, 2.75) is 92.9 Å². The Labute approximate surface area is 229 Å². The van der Waals surface area contributed by atoms with E-state index in [1.54, 1.807) is 26.0 Å². The van der Waals surface area contributed by atoms with Gasteiger partial charge in [0, 0.05) is 37.2 Å². The largest absolute Gasteiger partial charge is 0.469 e. The minimum Gasteiger partial charge on any atom is -0.469 e. The maximum Gasteiger partial charge on any atom is 0.305 e. The molecule has 0 N–H and O–H groups in total. The van der Waals surface area contributed by atoms with E-state index in [0.717, 1.165) is 43.0 Å². The van der Waals surface area contributed by atoms with E-state index in [2.05, 4.69) is 37.3 Å². The Bertz CT molecular complexity index is 1030. The Morgan fingerprint density at radius 3 is 2.13 bits per heavy atom. The van der Waals surface area contributed by atoms with Gasteiger partial charge in [-0.2, -0.15) is 0 Å². The number of methoxy groups -OCH3 is 1. The molecule has 7 heteroatoms. The summed E-state index contributed by atoms with van der Waals surface area (Å²) in [5, 5.41) is 0. The molecule has 6 nitrogen and oxygen atoms in total. The van der Waals surface area contributed by atoms with Gasteiger partial charge in [-0.3, -0.25) is 9.59 Å². The van der Waals surface area contributed by atoms with Gasteiger partial charge in [-0.05, 0) is 56.0 Å². The molecule has 38 heavy (non-hydrogen) atoms. The highest BCUT2D eigenvalue weighted by Gasteiger charge is 2.38. The average molecular weight is 530 g/mol. The molecule has 2 aliphatic heterocycles. The first kappa shape index (κ1) is 33.1. The summed E-state index contributed by atoms with van der Waals surface area (Å²) >= 11 is 0. The molecule has 0 bridgehead atoms. The number of nitrogens with zero attached hydrogens (tertiary/aromatic N) is 3. The van der Waals surface area contributed by atoms with Crippen molar-refractivity contribution in [2.75, 3.05) is 31.6 Å². The fourth-order valence-electron chi connectivity index (χ4n) is 4.23. The van der Waals surface area contributed by atoms with Gasteiger partial charge in [0.1, 0.15) is 11.5 Å². The monoisotopic (exact) mass is 529 g/mol. The molecule has 0 spiro atoms. The van der Waals surface area contributed by atoms with Crippen molar-refractivity contribution in [2.24, 2.45) is 0 Å². The average Bonchev–Trinajstić information content (AvgIpc) is 3.21. The predicted molar refractivity (Wildman–Crippen MR) is 155 cm³/mol. The number of anilines is 2. The summed E-state index contributed by atoms with van der Waals surface area (Å²) in [4.78, 5) is 31.6. The zero-order chi connectivity index (χ0) is 28.9. The highest BCUT2D eigenvalue weighted by Crippen LogP contribution is 2.43. The summed E-state index contributed by atoms with van der Waals surface area (Å²) in [5.41, 5.74) is 3.62. The summed E-state index contributed by atoms with van der Waals surface area (Å²) in [6, 6.07) is 9.10. The molecule has 212 valence electrons. The van der Waals surface area contributed by atoms with Gasteiger partial charge >= 0.3 is 5.97 Å². The quantitative estimate of drug-likeness (QED) is 0.383. The Morgan fingerprint density at radius 2 is 1.63 bits per heavy atom. The smallest absolute Gasteiger partial charge is 0.305 e. The van der Waals surface area contributed by atoms with E-state index in [4.69, 9.17) is 4.98 Å². The number of likely N-dealkylation sites (tertiary alicyclic amines) is 1. The van der Waals surface area contributed by atoms with Crippen molar-refractivity contribution in [3.8, 4) is 0 Å². The van der Waals surface area contributed by atoms with Gasteiger partial charge in [-0.15, -0.1) is 0 Å². The number of esters is 1. The molecule has 0 radical (unpaired) electrons. The van der Waals surface area contributed by atoms with Gasteiger partial charge in [-0.25, -0.2) is 9.37 Å². The number of fused-ring (bicyclic) bond motifs is 1. The van der Waals surface area contributed by atoms with Crippen molar-refractivity contribution in [3.05, 3.63) is 53.1 Å². The maximum atomic E-state index is 14.1. The normalized spacial score (nSPS) is 15.0. The van der Waals surface area contributed by atoms with E-state index >= 15 is 0 Å². The topological polar surface area (TPSA) is 62.7 Å². The number of piperidine rings is 1. The number of halogens is 1. The van der Waals surface area contributed by atoms with E-state index < -0.39 is 0 Å². The minimum absolute atomic E-state index is 0.0214. The van der Waals surface area contributed by atoms with Gasteiger partial charge in [0.15, 0.2) is 0 Å². The van der Waals surface area contributed by atoms with Crippen LogP contribution in [0.4, 0.5) is 15.8 Å². The SMILES string of the molecule is CC.CCC.CCC(=O)OC.Cc1ccc(N2CC(C)(C)c3nc(C(=O)N4CCCCC4)ccc32)cc1F. The zero-order valence-corrected chi connectivity index (χ0v) is 25.0. The molecule has 4 rings (SSSR count). The maximum absolute atomic E-state index is 14.1. The van der Waals surface area contributed by atoms with E-state index in [1.165, 1.54) is 20.0 Å². The number of hydrogen-bond acceptors (Lipinski definition) is 5. The first-order valence-corrected chi connectivity index (χ1v) is 14.0. The molecule has 1 fully saturated rings. The highest BCUT2D eigenvalue weighted by molar-refractivity contribution is 5.93. The van der Waals surface area contributed by atoms with Crippen LogP contribution in [0.1, 0.15) is 102 Å². The van der Waals surface area contributed by atoms with E-state index in [1.807, 2.05) is 36.9 Å². The number of amides is 1. The zero-order valence-electron chi connectivity index (χ0n) is 25.0. The van der Waals surface area contributed by atoms with Crippen LogP contribution in [0.3, 0.4) is 0 Å². The third-order valence-electron chi connectivity index (χ3n) is 6.21. The third kappa shape index (κ3) is 8.81. The molecular weight excluding hydrogens is 481 g/mol. The predicted octanol–water partition coefficient (Wildman–Crippen LogP) is 7.60. The highest BCUT2D eigenvalue weighted by atomic mass is 19.1. The van der Waals surface area contributed by atoms with Gasteiger partial charge in [0.25, 0.3) is 5.91 Å². The van der Waals surface area contributed by atoms with Crippen molar-refractivity contribution in [1.82, 2.24) is 9.88 Å². The molecule has 1 amide bonds. The number of pyridine rings is 1. The fraction of sp³-hybridized carbons (Fsp3) is 0.581. The molecule has 1 aromatic heterocycles. The van der Waals surface area contributed by atoms with Gasteiger partial charge in [-0.1, -0.05) is 61.0 Å². The van der Waals surface area contributed by atoms with Crippen LogP contribution in [-0.2, 0) is 14.9 Å². The van der Waals surface area contributed by atoms with Crippen LogP contribution in [0.15, 0.2) is 30.3 Å². The molecule has 3 heterocycles. The lowest BCUT2D eigenvalue weighted by atomic mass is 9.91. The second kappa shape index (κ2) is 16.1.